The Hall–Kier alpha value is -4.53. The molecule has 18 atom stereocenters. The minimum atomic E-state index is -1.48. The highest BCUT2D eigenvalue weighted by Crippen LogP contribution is 2.47. The van der Waals surface area contributed by atoms with Gasteiger partial charge in [0.25, 0.3) is 0 Å². The third kappa shape index (κ3) is 12.4. The number of esters is 3. The normalized spacial score (nSPS) is 38.8. The Morgan fingerprint density at radius 3 is 1.86 bits per heavy atom. The first-order valence-corrected chi connectivity index (χ1v) is 27.6. The summed E-state index contributed by atoms with van der Waals surface area (Å²) in [5, 5.41) is 0. The lowest BCUT2D eigenvalue weighted by molar-refractivity contribution is -0.320. The minimum absolute atomic E-state index is 0.0898. The highest BCUT2D eigenvalue weighted by molar-refractivity contribution is 5.85. The number of cyclic esters (lactones) is 1. The fourth-order valence-corrected chi connectivity index (χ4v) is 13.4. The van der Waals surface area contributed by atoms with Gasteiger partial charge in [0.05, 0.1) is 60.1 Å². The molecule has 2 aromatic rings. The second-order valence-electron chi connectivity index (χ2n) is 23.4. The molecular formula is C59H87N3O15. The summed E-state index contributed by atoms with van der Waals surface area (Å²) in [7, 11) is 6.89. The number of ether oxygens (including phenoxy) is 10. The predicted molar refractivity (Wildman–Crippen MR) is 284 cm³/mol. The molecule has 3 unspecified atom stereocenters. The maximum atomic E-state index is 15.5. The van der Waals surface area contributed by atoms with Crippen LogP contribution < -0.4 is 0 Å². The number of rotatable bonds is 14. The Morgan fingerprint density at radius 2 is 1.32 bits per heavy atom. The summed E-state index contributed by atoms with van der Waals surface area (Å²) in [6, 6.07) is 18.9. The van der Waals surface area contributed by atoms with Crippen LogP contribution in [-0.2, 0) is 66.5 Å². The van der Waals surface area contributed by atoms with Gasteiger partial charge in [-0.1, -0.05) is 88.4 Å². The van der Waals surface area contributed by atoms with Gasteiger partial charge in [0, 0.05) is 65.3 Å². The van der Waals surface area contributed by atoms with Gasteiger partial charge in [0.2, 0.25) is 0 Å². The molecule has 5 aliphatic rings. The van der Waals surface area contributed by atoms with Crippen molar-refractivity contribution in [3.63, 3.8) is 0 Å². The number of ketones is 1. The standard InChI is InChI=1S/C59H87N3O15/c1-17-45-59(12)51(62(56(67)77-59)43-31-61(32-43)47(41-24-20-18-21-25-41)42-26-22-19-23-27-42)35(4)48(65)33(2)29-57(10,68-15)52(76-55-50(72-39(8)63)44(60(13)14)28-34(3)70-55)36(5)49(37(6)54(66)74-45)75-46-30-58(11,69-16)53(38(7)71-46)73-40(9)64/h18-27,33-38,43-47,49-53,55H,17,28-32H2,1-16H3/t33-,34+,35-,36+,37+,38+,44-,45-,46?,49+,50-,51+,52-,53-,55-,57?,58?,59-/m0/s1. The molecule has 0 aromatic heterocycles. The summed E-state index contributed by atoms with van der Waals surface area (Å²) in [4.78, 5) is 76.8. The van der Waals surface area contributed by atoms with Crippen LogP contribution in [0.5, 0.6) is 0 Å². The van der Waals surface area contributed by atoms with Crippen molar-refractivity contribution in [2.24, 2.45) is 23.7 Å². The van der Waals surface area contributed by atoms with Crippen LogP contribution >= 0.6 is 0 Å². The number of benzene rings is 2. The summed E-state index contributed by atoms with van der Waals surface area (Å²) < 4.78 is 65.0. The number of hydrogen-bond donors (Lipinski definition) is 0. The number of carbonyl (C=O) groups excluding carboxylic acids is 5. The lowest BCUT2D eigenvalue weighted by atomic mass is 9.72. The summed E-state index contributed by atoms with van der Waals surface area (Å²) in [5.41, 5.74) is -1.66. The number of Topliss-reactive ketones (excluding diaryl/α,β-unsaturated/α-hetero) is 1. The molecule has 1 amide bonds. The van der Waals surface area contributed by atoms with E-state index < -0.39 is 120 Å². The molecule has 2 aromatic carbocycles. The zero-order valence-corrected chi connectivity index (χ0v) is 48.3. The van der Waals surface area contributed by atoms with Gasteiger partial charge in [0.15, 0.2) is 30.4 Å². The van der Waals surface area contributed by atoms with Gasteiger partial charge in [-0.2, -0.15) is 0 Å². The molecule has 18 nitrogen and oxygen atoms in total. The monoisotopic (exact) mass is 1080 g/mol. The number of methoxy groups -OCH3 is 2. The van der Waals surface area contributed by atoms with Crippen molar-refractivity contribution in [2.45, 2.75) is 205 Å². The smallest absolute Gasteiger partial charge is 0.411 e. The van der Waals surface area contributed by atoms with E-state index in [1.165, 1.54) is 21.0 Å². The number of carbonyl (C=O) groups is 5. The number of nitrogens with zero attached hydrogens (tertiary/aromatic N) is 3. The van der Waals surface area contributed by atoms with Gasteiger partial charge in [-0.25, -0.2) is 4.79 Å². The van der Waals surface area contributed by atoms with Gasteiger partial charge in [0.1, 0.15) is 17.5 Å². The van der Waals surface area contributed by atoms with E-state index in [2.05, 4.69) is 29.2 Å². The first-order valence-electron chi connectivity index (χ1n) is 27.6. The Bertz CT molecular complexity index is 2320. The number of hydrogen-bond acceptors (Lipinski definition) is 17. The highest BCUT2D eigenvalue weighted by Gasteiger charge is 2.63. The number of likely N-dealkylation sites (tertiary alicyclic amines) is 1. The van der Waals surface area contributed by atoms with Crippen LogP contribution in [0.3, 0.4) is 0 Å². The molecule has 18 heteroatoms. The number of likely N-dealkylation sites (N-methyl/N-ethyl adjacent to an activating group) is 1. The molecule has 0 bridgehead atoms. The fraction of sp³-hybridized carbons (Fsp3) is 0.712. The van der Waals surface area contributed by atoms with E-state index in [4.69, 9.17) is 47.4 Å². The van der Waals surface area contributed by atoms with E-state index in [1.54, 1.807) is 32.8 Å². The topological polar surface area (TPSA) is 187 Å². The Labute approximate surface area is 456 Å². The first-order chi connectivity index (χ1) is 36.3. The fourth-order valence-electron chi connectivity index (χ4n) is 13.4. The van der Waals surface area contributed by atoms with Gasteiger partial charge >= 0.3 is 24.0 Å². The van der Waals surface area contributed by atoms with Crippen molar-refractivity contribution in [3.8, 4) is 0 Å². The second-order valence-corrected chi connectivity index (χ2v) is 23.4. The van der Waals surface area contributed by atoms with Gasteiger partial charge < -0.3 is 52.3 Å². The van der Waals surface area contributed by atoms with E-state index in [0.29, 0.717) is 19.5 Å². The molecule has 0 spiro atoms. The third-order valence-corrected chi connectivity index (χ3v) is 17.5. The molecule has 5 saturated heterocycles. The van der Waals surface area contributed by atoms with Crippen LogP contribution in [0, 0.1) is 23.7 Å². The highest BCUT2D eigenvalue weighted by atomic mass is 16.7. The van der Waals surface area contributed by atoms with Crippen molar-refractivity contribution in [2.75, 3.05) is 41.4 Å². The lowest BCUT2D eigenvalue weighted by Gasteiger charge is -2.51. The maximum Gasteiger partial charge on any atom is 0.411 e. The van der Waals surface area contributed by atoms with E-state index in [9.17, 15) is 14.4 Å². The summed E-state index contributed by atoms with van der Waals surface area (Å²) in [5.74, 6) is -5.20. The Balaban J connectivity index is 1.31. The molecule has 0 aliphatic carbocycles. The third-order valence-electron chi connectivity index (χ3n) is 17.5. The van der Waals surface area contributed by atoms with Crippen molar-refractivity contribution in [3.05, 3.63) is 71.8 Å². The average molecular weight is 1080 g/mol. The van der Waals surface area contributed by atoms with Gasteiger partial charge in [-0.05, 0) is 86.0 Å². The van der Waals surface area contributed by atoms with E-state index in [-0.39, 0.29) is 49.3 Å². The van der Waals surface area contributed by atoms with Crippen LogP contribution in [0.4, 0.5) is 4.79 Å². The summed E-state index contributed by atoms with van der Waals surface area (Å²) >= 11 is 0. The van der Waals surface area contributed by atoms with Crippen molar-refractivity contribution in [1.82, 2.24) is 14.7 Å². The molecule has 0 saturated carbocycles. The second kappa shape index (κ2) is 24.5. The summed E-state index contributed by atoms with van der Waals surface area (Å²) in [6.07, 6.45) is -7.61. The SMILES string of the molecule is CC[C@@H]1OC(=O)[C@H](C)[C@H](OC2CC(C)(OC)[C@@H](OC(C)=O)[C@@H](C)O2)[C@@H](C)[C@H](O[C@@H]2O[C@H](C)C[C@H](N(C)C)[C@@H]2OC(C)=O)C(C)(OC)C[C@H](C)C(=O)[C@H](C)[C@H]2N(C3CN(C(c4ccccc4)c4ccccc4)C3)C(=O)O[C@@]12C. The van der Waals surface area contributed by atoms with E-state index >= 15 is 9.59 Å². The van der Waals surface area contributed by atoms with Crippen LogP contribution in [0.15, 0.2) is 60.7 Å². The van der Waals surface area contributed by atoms with Crippen molar-refractivity contribution >= 4 is 29.8 Å². The first kappa shape index (κ1) is 60.1. The predicted octanol–water partition coefficient (Wildman–Crippen LogP) is 7.52. The van der Waals surface area contributed by atoms with Crippen LogP contribution in [0.1, 0.15) is 126 Å². The Morgan fingerprint density at radius 1 is 0.753 bits per heavy atom. The molecule has 0 N–H and O–H groups in total. The molecule has 7 rings (SSSR count). The van der Waals surface area contributed by atoms with Crippen molar-refractivity contribution in [1.29, 1.82) is 0 Å². The lowest BCUT2D eigenvalue weighted by Crippen LogP contribution is -2.66. The largest absolute Gasteiger partial charge is 0.458 e. The van der Waals surface area contributed by atoms with Crippen LogP contribution in [0.25, 0.3) is 0 Å². The average Bonchev–Trinajstić information content (AvgIpc) is 3.69. The summed E-state index contributed by atoms with van der Waals surface area (Å²) in [6.45, 7) is 22.0. The zero-order chi connectivity index (χ0) is 56.5. The molecule has 0 radical (unpaired) electrons. The van der Waals surface area contributed by atoms with Crippen LogP contribution in [0.2, 0.25) is 0 Å². The van der Waals surface area contributed by atoms with Gasteiger partial charge in [-0.3, -0.25) is 29.0 Å². The molecule has 5 fully saturated rings. The molecular weight excluding hydrogens is 991 g/mol. The zero-order valence-electron chi connectivity index (χ0n) is 48.3. The quantitative estimate of drug-likeness (QED) is 0.133. The molecule has 77 heavy (non-hydrogen) atoms. The van der Waals surface area contributed by atoms with Gasteiger partial charge in [-0.15, -0.1) is 0 Å². The Kier molecular flexibility index (Phi) is 19.1. The molecule has 5 aliphatic heterocycles. The van der Waals surface area contributed by atoms with Crippen LogP contribution in [-0.4, -0.2) is 176 Å². The van der Waals surface area contributed by atoms with Crippen molar-refractivity contribution < 1.29 is 71.3 Å². The number of amides is 1. The minimum Gasteiger partial charge on any atom is -0.458 e. The molecule has 5 heterocycles. The van der Waals surface area contributed by atoms with E-state index in [1.807, 2.05) is 104 Å². The van der Waals surface area contributed by atoms with E-state index in [0.717, 1.165) is 11.1 Å². The number of fused-ring (bicyclic) bond motifs is 1. The molecule has 428 valence electrons. The maximum absolute atomic E-state index is 15.5.